The van der Waals surface area contributed by atoms with E-state index in [1.165, 1.54) is 5.56 Å². The molecule has 1 saturated heterocycles. The van der Waals surface area contributed by atoms with Gasteiger partial charge in [0.1, 0.15) is 23.3 Å². The Morgan fingerprint density at radius 2 is 2.09 bits per heavy atom. The maximum Gasteiger partial charge on any atom is 0.270 e. The average Bonchev–Trinajstić information content (AvgIpc) is 2.50. The Hall–Kier alpha value is -2.27. The predicted octanol–water partition coefficient (Wildman–Crippen LogP) is 1.67. The Labute approximate surface area is 130 Å². The summed E-state index contributed by atoms with van der Waals surface area (Å²) in [5.74, 6) is 2.30. The van der Waals surface area contributed by atoms with E-state index in [1.807, 2.05) is 24.3 Å². The smallest absolute Gasteiger partial charge is 0.270 e. The van der Waals surface area contributed by atoms with Gasteiger partial charge in [-0.05, 0) is 30.2 Å². The minimum Gasteiger partial charge on any atom is -0.496 e. The van der Waals surface area contributed by atoms with Crippen LogP contribution in [0.3, 0.4) is 0 Å². The number of nitrogen functional groups attached to an aromatic ring is 1. The molecule has 0 amide bonds. The quantitative estimate of drug-likeness (QED) is 0.881. The van der Waals surface area contributed by atoms with Crippen LogP contribution in [0.15, 0.2) is 30.3 Å². The third-order valence-electron chi connectivity index (χ3n) is 3.91. The highest BCUT2D eigenvalue weighted by Crippen LogP contribution is 2.35. The van der Waals surface area contributed by atoms with Crippen molar-refractivity contribution >= 4 is 5.82 Å². The molecule has 0 unspecified atom stereocenters. The molecule has 0 bridgehead atoms. The van der Waals surface area contributed by atoms with Crippen LogP contribution in [0.1, 0.15) is 12.5 Å². The van der Waals surface area contributed by atoms with E-state index < -0.39 is 0 Å². The van der Waals surface area contributed by atoms with Crippen LogP contribution in [0.25, 0.3) is 11.3 Å². The summed E-state index contributed by atoms with van der Waals surface area (Å²) < 4.78 is 11.6. The molecule has 0 spiro atoms. The number of aromatic nitrogens is 1. The minimum atomic E-state index is 0.250. The summed E-state index contributed by atoms with van der Waals surface area (Å²) in [5, 5.41) is 3.22. The standard InChI is InChI=1S/C17H21N3O2/c1-3-11-7-13(14-5-4-6-17(18)20-14)16(21-2)8-15(11)22-12-9-19-10-12/h4-8,12,19H,3,9-10H2,1-2H3,(H2,18,20)/p+1. The van der Waals surface area contributed by atoms with E-state index in [9.17, 15) is 0 Å². The fourth-order valence-corrected chi connectivity index (χ4v) is 2.54. The number of benzene rings is 1. The Morgan fingerprint density at radius 1 is 1.27 bits per heavy atom. The van der Waals surface area contributed by atoms with Gasteiger partial charge in [-0.3, -0.25) is 5.73 Å². The van der Waals surface area contributed by atoms with Gasteiger partial charge in [0, 0.05) is 25.2 Å². The fourth-order valence-electron chi connectivity index (χ4n) is 2.54. The lowest BCUT2D eigenvalue weighted by Gasteiger charge is -2.29. The number of methoxy groups -OCH3 is 1. The number of nitrogens with one attached hydrogen (secondary N) is 2. The predicted molar refractivity (Wildman–Crippen MR) is 86.1 cm³/mol. The highest BCUT2D eigenvalue weighted by molar-refractivity contribution is 5.68. The fraction of sp³-hybridized carbons (Fsp3) is 0.353. The van der Waals surface area contributed by atoms with Crippen molar-refractivity contribution in [3.63, 3.8) is 0 Å². The molecular formula is C17H22N3O2+. The van der Waals surface area contributed by atoms with Crippen molar-refractivity contribution in [2.75, 3.05) is 25.9 Å². The van der Waals surface area contributed by atoms with Crippen LogP contribution in [-0.4, -0.2) is 26.3 Å². The van der Waals surface area contributed by atoms with Gasteiger partial charge < -0.3 is 14.8 Å². The van der Waals surface area contributed by atoms with Crippen molar-refractivity contribution in [3.8, 4) is 22.8 Å². The number of aromatic amines is 1. The normalized spacial score (nSPS) is 14.5. The van der Waals surface area contributed by atoms with E-state index >= 15 is 0 Å². The second-order valence-corrected chi connectivity index (χ2v) is 5.43. The van der Waals surface area contributed by atoms with Crippen LogP contribution < -0.4 is 25.5 Å². The van der Waals surface area contributed by atoms with Crippen molar-refractivity contribution in [2.45, 2.75) is 19.4 Å². The molecule has 116 valence electrons. The number of anilines is 1. The number of nitrogens with two attached hydrogens (primary N) is 1. The van der Waals surface area contributed by atoms with E-state index in [4.69, 9.17) is 15.2 Å². The van der Waals surface area contributed by atoms with Gasteiger partial charge in [0.15, 0.2) is 0 Å². The zero-order valence-electron chi connectivity index (χ0n) is 13.0. The van der Waals surface area contributed by atoms with Gasteiger partial charge in [0.25, 0.3) is 5.82 Å². The number of hydrogen-bond acceptors (Lipinski definition) is 4. The van der Waals surface area contributed by atoms with Gasteiger partial charge in [-0.2, -0.15) is 0 Å². The lowest BCUT2D eigenvalue weighted by Crippen LogP contribution is -2.50. The number of rotatable bonds is 5. The molecule has 1 aliphatic heterocycles. The molecule has 1 aliphatic rings. The van der Waals surface area contributed by atoms with Gasteiger partial charge in [0.2, 0.25) is 0 Å². The minimum absolute atomic E-state index is 0.250. The molecular weight excluding hydrogens is 278 g/mol. The Morgan fingerprint density at radius 3 is 2.68 bits per heavy atom. The summed E-state index contributed by atoms with van der Waals surface area (Å²) in [6.07, 6.45) is 1.15. The van der Waals surface area contributed by atoms with Crippen LogP contribution in [0, 0.1) is 0 Å². The van der Waals surface area contributed by atoms with Crippen molar-refractivity contribution in [1.29, 1.82) is 0 Å². The monoisotopic (exact) mass is 300 g/mol. The third-order valence-corrected chi connectivity index (χ3v) is 3.91. The van der Waals surface area contributed by atoms with Gasteiger partial charge in [-0.25, -0.2) is 4.98 Å². The average molecular weight is 300 g/mol. The highest BCUT2D eigenvalue weighted by atomic mass is 16.5. The first-order chi connectivity index (χ1) is 10.7. The van der Waals surface area contributed by atoms with Crippen molar-refractivity contribution in [2.24, 2.45) is 0 Å². The Balaban J connectivity index is 2.02. The van der Waals surface area contributed by atoms with Gasteiger partial charge in [0.05, 0.1) is 12.7 Å². The van der Waals surface area contributed by atoms with E-state index in [1.54, 1.807) is 7.11 Å². The SMILES string of the molecule is CCc1cc(-c2cccc(N)[nH+]2)c(OC)cc1OC1CNC1. The molecule has 22 heavy (non-hydrogen) atoms. The summed E-state index contributed by atoms with van der Waals surface area (Å²) >= 11 is 0. The van der Waals surface area contributed by atoms with Crippen LogP contribution in [0.2, 0.25) is 0 Å². The van der Waals surface area contributed by atoms with Crippen LogP contribution in [0.5, 0.6) is 11.5 Å². The van der Waals surface area contributed by atoms with E-state index in [0.717, 1.165) is 42.3 Å². The van der Waals surface area contributed by atoms with Crippen molar-refractivity contribution in [1.82, 2.24) is 5.32 Å². The summed E-state index contributed by atoms with van der Waals surface area (Å²) in [7, 11) is 1.67. The number of pyridine rings is 1. The van der Waals surface area contributed by atoms with Crippen molar-refractivity contribution < 1.29 is 14.5 Å². The first-order valence-electron chi connectivity index (χ1n) is 7.57. The molecule has 1 aromatic carbocycles. The molecule has 3 rings (SSSR count). The molecule has 5 heteroatoms. The maximum atomic E-state index is 6.05. The van der Waals surface area contributed by atoms with Crippen LogP contribution >= 0.6 is 0 Å². The number of hydrogen-bond donors (Lipinski definition) is 2. The third kappa shape index (κ3) is 2.85. The second-order valence-electron chi connectivity index (χ2n) is 5.43. The van der Waals surface area contributed by atoms with Gasteiger partial charge in [-0.15, -0.1) is 0 Å². The molecule has 2 aromatic rings. The van der Waals surface area contributed by atoms with Gasteiger partial charge >= 0.3 is 0 Å². The molecule has 0 radical (unpaired) electrons. The topological polar surface area (TPSA) is 70.7 Å². The molecule has 0 atom stereocenters. The molecule has 0 saturated carbocycles. The lowest BCUT2D eigenvalue weighted by molar-refractivity contribution is -0.346. The van der Waals surface area contributed by atoms with Gasteiger partial charge in [-0.1, -0.05) is 6.92 Å². The summed E-state index contributed by atoms with van der Waals surface area (Å²) in [6.45, 7) is 3.92. The van der Waals surface area contributed by atoms with E-state index in [-0.39, 0.29) is 6.10 Å². The van der Waals surface area contributed by atoms with Crippen molar-refractivity contribution in [3.05, 3.63) is 35.9 Å². The number of H-pyrrole nitrogens is 1. The second kappa shape index (κ2) is 6.23. The summed E-state index contributed by atoms with van der Waals surface area (Å²) in [4.78, 5) is 3.18. The zero-order valence-corrected chi connectivity index (χ0v) is 13.0. The van der Waals surface area contributed by atoms with E-state index in [2.05, 4.69) is 23.3 Å². The largest absolute Gasteiger partial charge is 0.496 e. The molecule has 0 aliphatic carbocycles. The molecule has 4 N–H and O–H groups in total. The highest BCUT2D eigenvalue weighted by Gasteiger charge is 2.21. The van der Waals surface area contributed by atoms with E-state index in [0.29, 0.717) is 5.82 Å². The summed E-state index contributed by atoms with van der Waals surface area (Å²) in [5.41, 5.74) is 8.94. The number of ether oxygens (including phenoxy) is 2. The molecule has 1 aromatic heterocycles. The first-order valence-corrected chi connectivity index (χ1v) is 7.57. The molecule has 2 heterocycles. The first kappa shape index (κ1) is 14.7. The summed E-state index contributed by atoms with van der Waals surface area (Å²) in [6, 6.07) is 9.84. The Kier molecular flexibility index (Phi) is 4.15. The Bertz CT molecular complexity index is 669. The maximum absolute atomic E-state index is 6.05. The number of aryl methyl sites for hydroxylation is 1. The van der Waals surface area contributed by atoms with Crippen LogP contribution in [0.4, 0.5) is 5.82 Å². The molecule has 1 fully saturated rings. The van der Waals surface area contributed by atoms with Crippen LogP contribution in [-0.2, 0) is 6.42 Å². The lowest BCUT2D eigenvalue weighted by atomic mass is 10.0. The molecule has 5 nitrogen and oxygen atoms in total. The zero-order chi connectivity index (χ0) is 15.5.